The number of aryl methyl sites for hydroxylation is 3. The predicted molar refractivity (Wildman–Crippen MR) is 108 cm³/mol. The van der Waals surface area contributed by atoms with Crippen LogP contribution in [0.1, 0.15) is 28.2 Å². The molecule has 0 aliphatic carbocycles. The third-order valence-electron chi connectivity index (χ3n) is 4.88. The number of rotatable bonds is 5. The molecule has 1 amide bonds. The number of fused-ring (bicyclic) bond motifs is 2. The van der Waals surface area contributed by atoms with Crippen LogP contribution in [-0.4, -0.2) is 27.0 Å². The third kappa shape index (κ3) is 3.53. The third-order valence-corrected chi connectivity index (χ3v) is 4.88. The Morgan fingerprint density at radius 1 is 1.00 bits per heavy atom. The van der Waals surface area contributed by atoms with Crippen LogP contribution in [0.5, 0.6) is 0 Å². The van der Waals surface area contributed by atoms with Crippen molar-refractivity contribution in [3.05, 3.63) is 71.7 Å². The lowest BCUT2D eigenvalue weighted by atomic mass is 10.1. The molecule has 0 saturated heterocycles. The van der Waals surface area contributed by atoms with Gasteiger partial charge in [0.25, 0.3) is 5.91 Å². The van der Waals surface area contributed by atoms with Gasteiger partial charge in [0.05, 0.1) is 22.4 Å². The van der Waals surface area contributed by atoms with Crippen LogP contribution in [0.2, 0.25) is 0 Å². The van der Waals surface area contributed by atoms with E-state index in [1.165, 1.54) is 10.9 Å². The molecule has 27 heavy (non-hydrogen) atoms. The van der Waals surface area contributed by atoms with Gasteiger partial charge < -0.3 is 9.88 Å². The molecule has 5 heteroatoms. The molecule has 4 rings (SSSR count). The average molecular weight is 358 g/mol. The highest BCUT2D eigenvalue weighted by Gasteiger charge is 2.08. The second-order valence-corrected chi connectivity index (χ2v) is 6.78. The maximum absolute atomic E-state index is 12.4. The van der Waals surface area contributed by atoms with E-state index in [-0.39, 0.29) is 5.91 Å². The molecule has 0 saturated carbocycles. The van der Waals surface area contributed by atoms with Crippen molar-refractivity contribution in [2.75, 3.05) is 6.54 Å². The normalized spacial score (nSPS) is 11.2. The van der Waals surface area contributed by atoms with Crippen LogP contribution in [0.15, 0.2) is 54.7 Å². The standard InChI is InChI=1S/C22H22N4O/c1-15-16(2)25-20-14-18(8-9-19(20)24-15)22(27)23-11-5-12-26-13-10-17-6-3-4-7-21(17)26/h3-4,6-10,13-14H,5,11-12H2,1-2H3,(H,23,27). The Morgan fingerprint density at radius 2 is 1.78 bits per heavy atom. The highest BCUT2D eigenvalue weighted by Crippen LogP contribution is 2.16. The lowest BCUT2D eigenvalue weighted by Crippen LogP contribution is -2.25. The number of hydrogen-bond donors (Lipinski definition) is 1. The van der Waals surface area contributed by atoms with Gasteiger partial charge in [-0.2, -0.15) is 0 Å². The van der Waals surface area contributed by atoms with E-state index in [1.54, 1.807) is 6.07 Å². The van der Waals surface area contributed by atoms with Crippen LogP contribution >= 0.6 is 0 Å². The van der Waals surface area contributed by atoms with E-state index < -0.39 is 0 Å². The number of aromatic nitrogens is 3. The van der Waals surface area contributed by atoms with Gasteiger partial charge in [-0.1, -0.05) is 18.2 Å². The first kappa shape index (κ1) is 17.2. The first-order valence-electron chi connectivity index (χ1n) is 9.19. The number of carbonyl (C=O) groups is 1. The molecule has 0 aliphatic rings. The van der Waals surface area contributed by atoms with Gasteiger partial charge in [0, 0.05) is 30.4 Å². The molecular formula is C22H22N4O. The number of benzene rings is 2. The second kappa shape index (κ2) is 7.19. The Bertz CT molecular complexity index is 1130. The Morgan fingerprint density at radius 3 is 2.63 bits per heavy atom. The molecule has 4 aromatic rings. The van der Waals surface area contributed by atoms with E-state index in [0.29, 0.717) is 12.1 Å². The minimum absolute atomic E-state index is 0.0747. The molecule has 0 bridgehead atoms. The van der Waals surface area contributed by atoms with E-state index in [0.717, 1.165) is 35.4 Å². The van der Waals surface area contributed by atoms with Gasteiger partial charge in [0.2, 0.25) is 0 Å². The molecule has 5 nitrogen and oxygen atoms in total. The summed E-state index contributed by atoms with van der Waals surface area (Å²) < 4.78 is 2.22. The summed E-state index contributed by atoms with van der Waals surface area (Å²) in [5.41, 5.74) is 5.21. The van der Waals surface area contributed by atoms with Crippen molar-refractivity contribution < 1.29 is 4.79 Å². The molecule has 0 fully saturated rings. The number of carbonyl (C=O) groups excluding carboxylic acids is 1. The molecule has 136 valence electrons. The van der Waals surface area contributed by atoms with Crippen molar-refractivity contribution in [1.82, 2.24) is 19.9 Å². The summed E-state index contributed by atoms with van der Waals surface area (Å²) in [6, 6.07) is 15.9. The lowest BCUT2D eigenvalue weighted by molar-refractivity contribution is 0.0953. The monoisotopic (exact) mass is 358 g/mol. The summed E-state index contributed by atoms with van der Waals surface area (Å²) in [5.74, 6) is -0.0747. The zero-order valence-electron chi connectivity index (χ0n) is 15.6. The lowest BCUT2D eigenvalue weighted by Gasteiger charge is -2.08. The maximum Gasteiger partial charge on any atom is 0.251 e. The summed E-state index contributed by atoms with van der Waals surface area (Å²) >= 11 is 0. The largest absolute Gasteiger partial charge is 0.352 e. The van der Waals surface area contributed by atoms with Crippen LogP contribution in [0.3, 0.4) is 0 Å². The van der Waals surface area contributed by atoms with Crippen LogP contribution in [-0.2, 0) is 6.54 Å². The fourth-order valence-corrected chi connectivity index (χ4v) is 3.26. The van der Waals surface area contributed by atoms with Crippen molar-refractivity contribution in [2.24, 2.45) is 0 Å². The minimum atomic E-state index is -0.0747. The molecule has 2 heterocycles. The Kier molecular flexibility index (Phi) is 4.59. The van der Waals surface area contributed by atoms with Crippen LogP contribution in [0.25, 0.3) is 21.9 Å². The van der Waals surface area contributed by atoms with Crippen molar-refractivity contribution in [3.8, 4) is 0 Å². The van der Waals surface area contributed by atoms with E-state index in [4.69, 9.17) is 0 Å². The van der Waals surface area contributed by atoms with Gasteiger partial charge in [0.15, 0.2) is 0 Å². The molecular weight excluding hydrogens is 336 g/mol. The second-order valence-electron chi connectivity index (χ2n) is 6.78. The van der Waals surface area contributed by atoms with Gasteiger partial charge in [0.1, 0.15) is 0 Å². The zero-order valence-corrected chi connectivity index (χ0v) is 15.6. The molecule has 0 spiro atoms. The van der Waals surface area contributed by atoms with E-state index in [1.807, 2.05) is 38.1 Å². The molecule has 0 radical (unpaired) electrons. The van der Waals surface area contributed by atoms with Crippen molar-refractivity contribution in [1.29, 1.82) is 0 Å². The topological polar surface area (TPSA) is 59.8 Å². The Hall–Kier alpha value is -3.21. The van der Waals surface area contributed by atoms with Crippen LogP contribution in [0, 0.1) is 13.8 Å². The number of para-hydroxylation sites is 1. The van der Waals surface area contributed by atoms with Crippen molar-refractivity contribution >= 4 is 27.8 Å². The fourth-order valence-electron chi connectivity index (χ4n) is 3.26. The molecule has 0 aliphatic heterocycles. The quantitative estimate of drug-likeness (QED) is 0.548. The fraction of sp³-hybridized carbons (Fsp3) is 0.227. The summed E-state index contributed by atoms with van der Waals surface area (Å²) in [7, 11) is 0. The number of nitrogens with one attached hydrogen (secondary N) is 1. The molecule has 2 aromatic carbocycles. The van der Waals surface area contributed by atoms with Gasteiger partial charge >= 0.3 is 0 Å². The van der Waals surface area contributed by atoms with Crippen molar-refractivity contribution in [3.63, 3.8) is 0 Å². The molecule has 2 aromatic heterocycles. The number of hydrogen-bond acceptors (Lipinski definition) is 3. The van der Waals surface area contributed by atoms with Gasteiger partial charge in [-0.25, -0.2) is 9.97 Å². The average Bonchev–Trinajstić information content (AvgIpc) is 3.09. The smallest absolute Gasteiger partial charge is 0.251 e. The van der Waals surface area contributed by atoms with E-state index in [2.05, 4.69) is 44.2 Å². The molecule has 0 atom stereocenters. The number of nitrogens with zero attached hydrogens (tertiary/aromatic N) is 3. The molecule has 0 unspecified atom stereocenters. The van der Waals surface area contributed by atoms with Crippen LogP contribution < -0.4 is 5.32 Å². The summed E-state index contributed by atoms with van der Waals surface area (Å²) in [4.78, 5) is 21.5. The van der Waals surface area contributed by atoms with Gasteiger partial charge in [-0.3, -0.25) is 4.79 Å². The minimum Gasteiger partial charge on any atom is -0.352 e. The zero-order chi connectivity index (χ0) is 18.8. The maximum atomic E-state index is 12.4. The Labute approximate surface area is 158 Å². The SMILES string of the molecule is Cc1nc2ccc(C(=O)NCCCn3ccc4ccccc43)cc2nc1C. The molecule has 1 N–H and O–H groups in total. The summed E-state index contributed by atoms with van der Waals surface area (Å²) in [6.07, 6.45) is 2.97. The number of amides is 1. The first-order chi connectivity index (χ1) is 13.1. The highest BCUT2D eigenvalue weighted by atomic mass is 16.1. The van der Waals surface area contributed by atoms with E-state index >= 15 is 0 Å². The van der Waals surface area contributed by atoms with Gasteiger partial charge in [-0.05, 0) is 56.0 Å². The first-order valence-corrected chi connectivity index (χ1v) is 9.19. The summed E-state index contributed by atoms with van der Waals surface area (Å²) in [5, 5.41) is 4.24. The van der Waals surface area contributed by atoms with Crippen LogP contribution in [0.4, 0.5) is 0 Å². The van der Waals surface area contributed by atoms with E-state index in [9.17, 15) is 4.79 Å². The summed E-state index contributed by atoms with van der Waals surface area (Å²) in [6.45, 7) is 5.37. The highest BCUT2D eigenvalue weighted by molar-refractivity contribution is 5.97. The Balaban J connectivity index is 1.38. The van der Waals surface area contributed by atoms with Gasteiger partial charge in [-0.15, -0.1) is 0 Å². The predicted octanol–water partition coefficient (Wildman–Crippen LogP) is 4.02. The van der Waals surface area contributed by atoms with Crippen molar-refractivity contribution in [2.45, 2.75) is 26.8 Å².